The van der Waals surface area contributed by atoms with E-state index in [2.05, 4.69) is 25.9 Å². The van der Waals surface area contributed by atoms with Gasteiger partial charge < -0.3 is 0 Å². The van der Waals surface area contributed by atoms with Crippen LogP contribution < -0.4 is 0 Å². The Labute approximate surface area is 117 Å². The summed E-state index contributed by atoms with van der Waals surface area (Å²) in [6, 6.07) is 1.85. The minimum atomic E-state index is 0.0912. The predicted octanol–water partition coefficient (Wildman–Crippen LogP) is 3.10. The Hall–Kier alpha value is -0.420. The van der Waals surface area contributed by atoms with Crippen molar-refractivity contribution in [3.05, 3.63) is 18.0 Å². The molecule has 1 aromatic heterocycles. The molecule has 3 atom stereocenters. The minimum Gasteiger partial charge on any atom is -0.291 e. The Bertz CT molecular complexity index is 419. The quantitative estimate of drug-likeness (QED) is 0.796. The van der Waals surface area contributed by atoms with Crippen molar-refractivity contribution in [1.82, 2.24) is 9.78 Å². The fourth-order valence-corrected chi connectivity index (χ4v) is 4.88. The summed E-state index contributed by atoms with van der Waals surface area (Å²) in [5.74, 6) is 1.17. The fraction of sp³-hybridized carbons (Fsp3) is 0.692. The first-order valence-electron chi connectivity index (χ1n) is 6.46. The highest BCUT2D eigenvalue weighted by molar-refractivity contribution is 8.08. The zero-order valence-electron chi connectivity index (χ0n) is 11.1. The molecular formula is C13H20N2OS2. The van der Waals surface area contributed by atoms with Crippen LogP contribution in [-0.4, -0.2) is 37.1 Å². The summed E-state index contributed by atoms with van der Waals surface area (Å²) in [6.07, 6.45) is 2.73. The Kier molecular flexibility index (Phi) is 4.78. The number of aryl methyl sites for hydroxylation is 1. The molecule has 3 nitrogen and oxygen atoms in total. The first kappa shape index (κ1) is 14.0. The van der Waals surface area contributed by atoms with E-state index in [1.165, 1.54) is 0 Å². The number of carbonyl (C=O) groups excluding carboxylic acids is 1. The number of hydrogen-bond donors (Lipinski definition) is 0. The van der Waals surface area contributed by atoms with Gasteiger partial charge in [0.15, 0.2) is 5.78 Å². The number of rotatable bonds is 4. The summed E-state index contributed by atoms with van der Waals surface area (Å²) in [4.78, 5) is 12.5. The van der Waals surface area contributed by atoms with E-state index in [-0.39, 0.29) is 11.0 Å². The van der Waals surface area contributed by atoms with Crippen molar-refractivity contribution in [2.75, 3.05) is 5.75 Å². The molecule has 0 amide bonds. The molecule has 0 radical (unpaired) electrons. The van der Waals surface area contributed by atoms with Gasteiger partial charge in [-0.25, -0.2) is 0 Å². The van der Waals surface area contributed by atoms with Crippen LogP contribution in [0.25, 0.3) is 0 Å². The number of nitrogens with zero attached hydrogens (tertiary/aromatic N) is 2. The number of hydrogen-bond acceptors (Lipinski definition) is 4. The van der Waals surface area contributed by atoms with E-state index >= 15 is 0 Å². The molecule has 0 spiro atoms. The highest BCUT2D eigenvalue weighted by Crippen LogP contribution is 2.36. The normalized spacial score (nSPS) is 28.3. The molecule has 0 aromatic carbocycles. The number of aromatic nitrogens is 2. The maximum Gasteiger partial charge on any atom is 0.194 e. The monoisotopic (exact) mass is 284 g/mol. The average molecular weight is 284 g/mol. The van der Waals surface area contributed by atoms with Crippen molar-refractivity contribution >= 4 is 29.3 Å². The first-order chi connectivity index (χ1) is 8.63. The summed E-state index contributed by atoms with van der Waals surface area (Å²) in [7, 11) is 0. The molecule has 3 unspecified atom stereocenters. The maximum atomic E-state index is 12.5. The first-order valence-corrected chi connectivity index (χ1v) is 8.45. The second-order valence-electron chi connectivity index (χ2n) is 4.67. The van der Waals surface area contributed by atoms with Crippen molar-refractivity contribution in [3.8, 4) is 0 Å². The molecule has 0 saturated carbocycles. The lowest BCUT2D eigenvalue weighted by atomic mass is 10.2. The number of ketones is 1. The van der Waals surface area contributed by atoms with Crippen LogP contribution in [0.1, 0.15) is 37.7 Å². The van der Waals surface area contributed by atoms with Crippen LogP contribution >= 0.6 is 23.5 Å². The van der Waals surface area contributed by atoms with Gasteiger partial charge in [0, 0.05) is 29.0 Å². The molecule has 1 aromatic rings. The number of carbonyl (C=O) groups is 1. The topological polar surface area (TPSA) is 34.9 Å². The summed E-state index contributed by atoms with van der Waals surface area (Å²) in [6.45, 7) is 7.38. The Morgan fingerprint density at radius 2 is 2.28 bits per heavy atom. The Balaban J connectivity index is 2.09. The van der Waals surface area contributed by atoms with Gasteiger partial charge in [-0.3, -0.25) is 9.48 Å². The van der Waals surface area contributed by atoms with Gasteiger partial charge in [-0.1, -0.05) is 20.8 Å². The lowest BCUT2D eigenvalue weighted by Gasteiger charge is -2.30. The van der Waals surface area contributed by atoms with Gasteiger partial charge in [0.2, 0.25) is 0 Å². The molecule has 100 valence electrons. The zero-order valence-corrected chi connectivity index (χ0v) is 12.8. The molecule has 18 heavy (non-hydrogen) atoms. The molecule has 0 bridgehead atoms. The standard InChI is InChI=1S/C13H20N2OS2/c1-4-7-15-11(5-6-14-15)13(16)12-8-17-9(2)10(3)18-12/h5-6,9-10,12H,4,7-8H2,1-3H3. The van der Waals surface area contributed by atoms with Crippen LogP contribution in [0.15, 0.2) is 12.3 Å². The average Bonchev–Trinajstić information content (AvgIpc) is 2.80. The summed E-state index contributed by atoms with van der Waals surface area (Å²) < 4.78 is 1.84. The SMILES string of the molecule is CCCn1nccc1C(=O)C1CSC(C)C(C)S1. The molecule has 0 N–H and O–H groups in total. The van der Waals surface area contributed by atoms with E-state index in [1.807, 2.05) is 34.3 Å². The van der Waals surface area contributed by atoms with E-state index in [4.69, 9.17) is 0 Å². The third-order valence-electron chi connectivity index (χ3n) is 3.25. The lowest BCUT2D eigenvalue weighted by Crippen LogP contribution is -2.32. The van der Waals surface area contributed by atoms with Crippen LogP contribution in [0.4, 0.5) is 0 Å². The molecule has 0 aliphatic carbocycles. The highest BCUT2D eigenvalue weighted by atomic mass is 32.2. The maximum absolute atomic E-state index is 12.5. The van der Waals surface area contributed by atoms with Gasteiger partial charge in [0.25, 0.3) is 0 Å². The molecule has 2 heterocycles. The van der Waals surface area contributed by atoms with Gasteiger partial charge in [-0.15, -0.1) is 11.8 Å². The molecule has 5 heteroatoms. The van der Waals surface area contributed by atoms with Gasteiger partial charge in [0.1, 0.15) is 5.69 Å². The molecule has 1 aliphatic heterocycles. The Morgan fingerprint density at radius 3 is 2.94 bits per heavy atom. The van der Waals surface area contributed by atoms with Crippen molar-refractivity contribution in [3.63, 3.8) is 0 Å². The lowest BCUT2D eigenvalue weighted by molar-refractivity contribution is 0.0984. The molecule has 2 rings (SSSR count). The highest BCUT2D eigenvalue weighted by Gasteiger charge is 2.32. The van der Waals surface area contributed by atoms with Gasteiger partial charge in [-0.05, 0) is 12.5 Å². The molecular weight excluding hydrogens is 264 g/mol. The minimum absolute atomic E-state index is 0.0912. The van der Waals surface area contributed by atoms with E-state index in [1.54, 1.807) is 6.20 Å². The molecule has 1 aliphatic rings. The largest absolute Gasteiger partial charge is 0.291 e. The molecule has 1 saturated heterocycles. The Morgan fingerprint density at radius 1 is 1.50 bits per heavy atom. The van der Waals surface area contributed by atoms with E-state index in [9.17, 15) is 4.79 Å². The summed E-state index contributed by atoms with van der Waals surface area (Å²) >= 11 is 3.72. The third kappa shape index (κ3) is 2.94. The zero-order chi connectivity index (χ0) is 13.1. The van der Waals surface area contributed by atoms with Crippen LogP contribution in [0.5, 0.6) is 0 Å². The summed E-state index contributed by atoms with van der Waals surface area (Å²) in [5, 5.41) is 5.51. The van der Waals surface area contributed by atoms with Crippen molar-refractivity contribution in [2.24, 2.45) is 0 Å². The molecule has 1 fully saturated rings. The number of thioether (sulfide) groups is 2. The number of Topliss-reactive ketones (excluding diaryl/α,β-unsaturated/α-hetero) is 1. The van der Waals surface area contributed by atoms with Gasteiger partial charge in [0.05, 0.1) is 5.25 Å². The van der Waals surface area contributed by atoms with Crippen LogP contribution in [0, 0.1) is 0 Å². The second kappa shape index (κ2) is 6.15. The summed E-state index contributed by atoms with van der Waals surface area (Å²) in [5.41, 5.74) is 0.775. The predicted molar refractivity (Wildman–Crippen MR) is 79.6 cm³/mol. The van der Waals surface area contributed by atoms with E-state index in [0.29, 0.717) is 10.5 Å². The van der Waals surface area contributed by atoms with Crippen molar-refractivity contribution < 1.29 is 4.79 Å². The van der Waals surface area contributed by atoms with E-state index < -0.39 is 0 Å². The smallest absolute Gasteiger partial charge is 0.194 e. The van der Waals surface area contributed by atoms with Crippen molar-refractivity contribution in [1.29, 1.82) is 0 Å². The second-order valence-corrected chi connectivity index (χ2v) is 7.67. The van der Waals surface area contributed by atoms with Crippen molar-refractivity contribution in [2.45, 2.75) is 49.5 Å². The third-order valence-corrected chi connectivity index (χ3v) is 6.64. The van der Waals surface area contributed by atoms with Crippen LogP contribution in [-0.2, 0) is 6.54 Å². The van der Waals surface area contributed by atoms with Crippen LogP contribution in [0.3, 0.4) is 0 Å². The van der Waals surface area contributed by atoms with Crippen LogP contribution in [0.2, 0.25) is 0 Å². The fourth-order valence-electron chi connectivity index (χ4n) is 2.02. The van der Waals surface area contributed by atoms with Gasteiger partial charge >= 0.3 is 0 Å². The van der Waals surface area contributed by atoms with E-state index in [0.717, 1.165) is 24.4 Å². The van der Waals surface area contributed by atoms with Gasteiger partial charge in [-0.2, -0.15) is 16.9 Å².